The summed E-state index contributed by atoms with van der Waals surface area (Å²) in [6, 6.07) is 2.34. The van der Waals surface area contributed by atoms with Gasteiger partial charge in [0.05, 0.1) is 16.5 Å². The molecule has 4 nitrogen and oxygen atoms in total. The SMILES string of the molecule is Cc1cn(C)c2c(F)cc([N+](=O)[O-])cc12. The molecule has 0 aliphatic heterocycles. The number of nitro groups is 1. The van der Waals surface area contributed by atoms with Crippen LogP contribution in [0.25, 0.3) is 10.9 Å². The van der Waals surface area contributed by atoms with Crippen LogP contribution < -0.4 is 0 Å². The number of benzene rings is 1. The molecule has 0 spiro atoms. The minimum Gasteiger partial charge on any atom is -0.348 e. The zero-order valence-corrected chi connectivity index (χ0v) is 8.32. The van der Waals surface area contributed by atoms with Crippen molar-refractivity contribution in [2.75, 3.05) is 0 Å². The Morgan fingerprint density at radius 3 is 2.73 bits per heavy atom. The van der Waals surface area contributed by atoms with Gasteiger partial charge in [-0.3, -0.25) is 10.1 Å². The number of hydrogen-bond acceptors (Lipinski definition) is 2. The fraction of sp³-hybridized carbons (Fsp3) is 0.200. The molecule has 0 bridgehead atoms. The van der Waals surface area contributed by atoms with Crippen molar-refractivity contribution in [1.82, 2.24) is 4.57 Å². The summed E-state index contributed by atoms with van der Waals surface area (Å²) in [6.45, 7) is 1.80. The van der Waals surface area contributed by atoms with Gasteiger partial charge in [-0.2, -0.15) is 0 Å². The van der Waals surface area contributed by atoms with Crippen LogP contribution in [0.5, 0.6) is 0 Å². The summed E-state index contributed by atoms with van der Waals surface area (Å²) < 4.78 is 15.2. The third-order valence-electron chi connectivity index (χ3n) is 2.42. The van der Waals surface area contributed by atoms with E-state index < -0.39 is 10.7 Å². The summed E-state index contributed by atoms with van der Waals surface area (Å²) in [5, 5.41) is 11.1. The summed E-state index contributed by atoms with van der Waals surface area (Å²) in [7, 11) is 1.71. The van der Waals surface area contributed by atoms with Gasteiger partial charge in [0.25, 0.3) is 5.69 Å². The number of aromatic nitrogens is 1. The molecule has 1 heterocycles. The van der Waals surface area contributed by atoms with Gasteiger partial charge in [0.15, 0.2) is 5.82 Å². The summed E-state index contributed by atoms with van der Waals surface area (Å²) in [4.78, 5) is 9.96. The maximum absolute atomic E-state index is 13.6. The minimum atomic E-state index is -0.588. The highest BCUT2D eigenvalue weighted by atomic mass is 19.1. The molecule has 2 rings (SSSR count). The second-order valence-electron chi connectivity index (χ2n) is 3.50. The molecule has 2 aromatic rings. The van der Waals surface area contributed by atoms with Gasteiger partial charge in [0.2, 0.25) is 0 Å². The fourth-order valence-electron chi connectivity index (χ4n) is 1.77. The summed E-state index contributed by atoms with van der Waals surface area (Å²) in [5.41, 5.74) is 1.02. The van der Waals surface area contributed by atoms with E-state index in [9.17, 15) is 14.5 Å². The van der Waals surface area contributed by atoms with Crippen LogP contribution in [-0.4, -0.2) is 9.49 Å². The van der Waals surface area contributed by atoms with E-state index in [2.05, 4.69) is 0 Å². The molecule has 0 fully saturated rings. The molecule has 5 heteroatoms. The number of nitrogens with zero attached hydrogens (tertiary/aromatic N) is 2. The number of hydrogen-bond donors (Lipinski definition) is 0. The van der Waals surface area contributed by atoms with Crippen LogP contribution in [0.15, 0.2) is 18.3 Å². The molecule has 0 radical (unpaired) electrons. The van der Waals surface area contributed by atoms with Crippen LogP contribution in [0.3, 0.4) is 0 Å². The van der Waals surface area contributed by atoms with Crippen molar-refractivity contribution >= 4 is 16.6 Å². The Bertz CT molecular complexity index is 560. The van der Waals surface area contributed by atoms with Crippen molar-refractivity contribution in [3.8, 4) is 0 Å². The maximum atomic E-state index is 13.6. The van der Waals surface area contributed by atoms with Gasteiger partial charge in [-0.05, 0) is 12.5 Å². The van der Waals surface area contributed by atoms with Gasteiger partial charge in [-0.25, -0.2) is 4.39 Å². The Hall–Kier alpha value is -1.91. The topological polar surface area (TPSA) is 48.1 Å². The predicted octanol–water partition coefficient (Wildman–Crippen LogP) is 2.53. The van der Waals surface area contributed by atoms with Gasteiger partial charge in [0.1, 0.15) is 0 Å². The second-order valence-corrected chi connectivity index (χ2v) is 3.50. The van der Waals surface area contributed by atoms with Crippen LogP contribution in [0, 0.1) is 22.9 Å². The van der Waals surface area contributed by atoms with Gasteiger partial charge in [-0.15, -0.1) is 0 Å². The van der Waals surface area contributed by atoms with Gasteiger partial charge in [0, 0.05) is 24.7 Å². The van der Waals surface area contributed by atoms with E-state index >= 15 is 0 Å². The molecule has 0 unspecified atom stereocenters. The second kappa shape index (κ2) is 3.05. The lowest BCUT2D eigenvalue weighted by Gasteiger charge is -1.98. The number of rotatable bonds is 1. The highest BCUT2D eigenvalue weighted by molar-refractivity contribution is 5.86. The molecule has 1 aromatic carbocycles. The zero-order valence-electron chi connectivity index (χ0n) is 8.32. The molecule has 0 saturated heterocycles. The summed E-state index contributed by atoms with van der Waals surface area (Å²) in [5.74, 6) is -0.560. The molecule has 1 aromatic heterocycles. The average Bonchev–Trinajstić information content (AvgIpc) is 2.42. The Morgan fingerprint density at radius 2 is 2.13 bits per heavy atom. The third-order valence-corrected chi connectivity index (χ3v) is 2.42. The molecule has 0 N–H and O–H groups in total. The predicted molar refractivity (Wildman–Crippen MR) is 54.3 cm³/mol. The lowest BCUT2D eigenvalue weighted by molar-refractivity contribution is -0.384. The lowest BCUT2D eigenvalue weighted by Crippen LogP contribution is -1.92. The monoisotopic (exact) mass is 208 g/mol. The highest BCUT2D eigenvalue weighted by Gasteiger charge is 2.15. The standard InChI is InChI=1S/C10H9FN2O2/c1-6-5-12(2)10-8(6)3-7(13(14)15)4-9(10)11/h3-5H,1-2H3. The summed E-state index contributed by atoms with van der Waals surface area (Å²) >= 11 is 0. The number of nitro benzene ring substituents is 1. The quantitative estimate of drug-likeness (QED) is 0.534. The van der Waals surface area contributed by atoms with Crippen molar-refractivity contribution in [2.24, 2.45) is 7.05 Å². The first kappa shape index (κ1) is 9.64. The first-order valence-corrected chi connectivity index (χ1v) is 4.40. The van der Waals surface area contributed by atoms with Crippen molar-refractivity contribution in [3.05, 3.63) is 39.8 Å². The van der Waals surface area contributed by atoms with Gasteiger partial charge >= 0.3 is 0 Å². The molecule has 0 aliphatic rings. The number of fused-ring (bicyclic) bond motifs is 1. The van der Waals surface area contributed by atoms with E-state index in [-0.39, 0.29) is 5.69 Å². The first-order valence-electron chi connectivity index (χ1n) is 4.40. The molecule has 15 heavy (non-hydrogen) atoms. The Kier molecular flexibility index (Phi) is 1.96. The van der Waals surface area contributed by atoms with Crippen LogP contribution in [0.2, 0.25) is 0 Å². The van der Waals surface area contributed by atoms with E-state index in [0.29, 0.717) is 10.9 Å². The van der Waals surface area contributed by atoms with E-state index in [1.807, 2.05) is 0 Å². The number of non-ortho nitro benzene ring substituents is 1. The lowest BCUT2D eigenvalue weighted by atomic mass is 10.1. The Labute approximate surface area is 85.1 Å². The molecular formula is C10H9FN2O2. The highest BCUT2D eigenvalue weighted by Crippen LogP contribution is 2.27. The van der Waals surface area contributed by atoms with Crippen molar-refractivity contribution in [2.45, 2.75) is 6.92 Å². The largest absolute Gasteiger partial charge is 0.348 e. The smallest absolute Gasteiger partial charge is 0.273 e. The van der Waals surface area contributed by atoms with E-state index in [0.717, 1.165) is 11.6 Å². The molecular weight excluding hydrogens is 199 g/mol. The molecule has 78 valence electrons. The van der Waals surface area contributed by atoms with Crippen molar-refractivity contribution in [3.63, 3.8) is 0 Å². The molecule has 0 atom stereocenters. The average molecular weight is 208 g/mol. The molecule has 0 amide bonds. The van der Waals surface area contributed by atoms with Crippen LogP contribution in [-0.2, 0) is 7.05 Å². The van der Waals surface area contributed by atoms with E-state index in [1.165, 1.54) is 6.07 Å². The van der Waals surface area contributed by atoms with Crippen LogP contribution in [0.4, 0.5) is 10.1 Å². The minimum absolute atomic E-state index is 0.214. The van der Waals surface area contributed by atoms with E-state index in [1.54, 1.807) is 24.7 Å². The van der Waals surface area contributed by atoms with Crippen molar-refractivity contribution < 1.29 is 9.31 Å². The first-order chi connectivity index (χ1) is 7.00. The fourth-order valence-corrected chi connectivity index (χ4v) is 1.77. The number of aryl methyl sites for hydroxylation is 2. The third kappa shape index (κ3) is 1.36. The van der Waals surface area contributed by atoms with Gasteiger partial charge < -0.3 is 4.57 Å². The summed E-state index contributed by atoms with van der Waals surface area (Å²) in [6.07, 6.45) is 1.75. The Balaban J connectivity index is 2.87. The van der Waals surface area contributed by atoms with Crippen molar-refractivity contribution in [1.29, 1.82) is 0 Å². The zero-order chi connectivity index (χ0) is 11.2. The van der Waals surface area contributed by atoms with Crippen LogP contribution >= 0.6 is 0 Å². The van der Waals surface area contributed by atoms with Gasteiger partial charge in [-0.1, -0.05) is 0 Å². The van der Waals surface area contributed by atoms with E-state index in [4.69, 9.17) is 0 Å². The normalized spacial score (nSPS) is 10.9. The Morgan fingerprint density at radius 1 is 1.47 bits per heavy atom. The molecule has 0 aliphatic carbocycles. The number of halogens is 1. The maximum Gasteiger partial charge on any atom is 0.273 e. The molecule has 0 saturated carbocycles. The van der Waals surface area contributed by atoms with Crippen LogP contribution in [0.1, 0.15) is 5.56 Å².